The lowest BCUT2D eigenvalue weighted by Crippen LogP contribution is -2.00. The summed E-state index contributed by atoms with van der Waals surface area (Å²) in [6.45, 7) is 2.35. The molecule has 0 saturated heterocycles. The molecule has 0 amide bonds. The summed E-state index contributed by atoms with van der Waals surface area (Å²) in [5, 5.41) is 8.73. The molecule has 0 unspecified atom stereocenters. The van der Waals surface area contributed by atoms with E-state index in [0.717, 1.165) is 17.0 Å². The summed E-state index contributed by atoms with van der Waals surface area (Å²) in [6.07, 6.45) is 0. The first kappa shape index (κ1) is 13.4. The number of ether oxygens (including phenoxy) is 1. The lowest BCUT2D eigenvalue weighted by Gasteiger charge is -2.10. The van der Waals surface area contributed by atoms with Gasteiger partial charge in [0.1, 0.15) is 12.4 Å². The molecule has 0 aliphatic rings. The fourth-order valence-corrected chi connectivity index (χ4v) is 1.85. The number of aryl methyl sites for hydroxylation is 1. The van der Waals surface area contributed by atoms with Crippen LogP contribution in [0.3, 0.4) is 0 Å². The Hall–Kier alpha value is -2.05. The first-order chi connectivity index (χ1) is 9.22. The number of hydrogen-bond acceptors (Lipinski definition) is 3. The summed E-state index contributed by atoms with van der Waals surface area (Å²) >= 11 is 5.85. The van der Waals surface area contributed by atoms with Gasteiger partial charge in [-0.2, -0.15) is 5.26 Å². The summed E-state index contributed by atoms with van der Waals surface area (Å²) in [4.78, 5) is 4.33. The summed E-state index contributed by atoms with van der Waals surface area (Å²) in [5.41, 5.74) is 3.30. The van der Waals surface area contributed by atoms with Crippen LogP contribution in [-0.4, -0.2) is 4.98 Å². The molecular formula is C15H13ClN2O. The average molecular weight is 273 g/mol. The molecule has 0 radical (unpaired) electrons. The standard InChI is InChI=1S/C15H13ClN2O/c1-11-2-7-15(14(8-16)18-11)19-10-13-5-3-12(9-17)4-6-13/h2-7H,8,10H2,1H3. The minimum atomic E-state index is 0.324. The van der Waals surface area contributed by atoms with Gasteiger partial charge in [-0.3, -0.25) is 4.98 Å². The highest BCUT2D eigenvalue weighted by Crippen LogP contribution is 2.20. The zero-order valence-electron chi connectivity index (χ0n) is 10.6. The van der Waals surface area contributed by atoms with Crippen molar-refractivity contribution in [2.45, 2.75) is 19.4 Å². The molecule has 0 fully saturated rings. The van der Waals surface area contributed by atoms with Crippen LogP contribution in [0.4, 0.5) is 0 Å². The van der Waals surface area contributed by atoms with E-state index in [1.165, 1.54) is 0 Å². The maximum absolute atomic E-state index is 8.73. The quantitative estimate of drug-likeness (QED) is 0.799. The molecule has 0 atom stereocenters. The first-order valence-electron chi connectivity index (χ1n) is 5.87. The van der Waals surface area contributed by atoms with E-state index in [1.54, 1.807) is 12.1 Å². The first-order valence-corrected chi connectivity index (χ1v) is 6.40. The van der Waals surface area contributed by atoms with Gasteiger partial charge in [0.2, 0.25) is 0 Å². The molecule has 0 aliphatic carbocycles. The number of hydrogen-bond donors (Lipinski definition) is 0. The largest absolute Gasteiger partial charge is 0.487 e. The van der Waals surface area contributed by atoms with Gasteiger partial charge in [-0.1, -0.05) is 12.1 Å². The van der Waals surface area contributed by atoms with Crippen LogP contribution in [-0.2, 0) is 12.5 Å². The molecule has 0 bridgehead atoms. The predicted octanol–water partition coefficient (Wildman–Crippen LogP) is 3.58. The van der Waals surface area contributed by atoms with Gasteiger partial charge in [-0.05, 0) is 36.8 Å². The van der Waals surface area contributed by atoms with E-state index >= 15 is 0 Å². The van der Waals surface area contributed by atoms with Crippen molar-refractivity contribution in [3.63, 3.8) is 0 Å². The number of halogens is 1. The zero-order valence-corrected chi connectivity index (χ0v) is 11.3. The number of rotatable bonds is 4. The van der Waals surface area contributed by atoms with Gasteiger partial charge < -0.3 is 4.74 Å². The molecule has 1 heterocycles. The second-order valence-corrected chi connectivity index (χ2v) is 4.40. The Labute approximate surface area is 117 Å². The van der Waals surface area contributed by atoms with E-state index in [9.17, 15) is 0 Å². The van der Waals surface area contributed by atoms with Crippen LogP contribution in [0.25, 0.3) is 0 Å². The van der Waals surface area contributed by atoms with Crippen LogP contribution in [0.1, 0.15) is 22.5 Å². The van der Waals surface area contributed by atoms with Gasteiger partial charge in [0.15, 0.2) is 0 Å². The van der Waals surface area contributed by atoms with E-state index in [0.29, 0.717) is 23.8 Å². The maximum Gasteiger partial charge on any atom is 0.142 e. The minimum absolute atomic E-state index is 0.324. The van der Waals surface area contributed by atoms with Crippen molar-refractivity contribution < 1.29 is 4.74 Å². The number of nitriles is 1. The van der Waals surface area contributed by atoms with Crippen molar-refractivity contribution >= 4 is 11.6 Å². The van der Waals surface area contributed by atoms with Gasteiger partial charge >= 0.3 is 0 Å². The number of alkyl halides is 1. The normalized spacial score (nSPS) is 9.95. The Balaban J connectivity index is 2.07. The van der Waals surface area contributed by atoms with E-state index in [1.807, 2.05) is 31.2 Å². The summed E-state index contributed by atoms with van der Waals surface area (Å²) in [6, 6.07) is 13.2. The SMILES string of the molecule is Cc1ccc(OCc2ccc(C#N)cc2)c(CCl)n1. The fraction of sp³-hybridized carbons (Fsp3) is 0.200. The molecule has 0 spiro atoms. The second-order valence-electron chi connectivity index (χ2n) is 4.13. The van der Waals surface area contributed by atoms with Crippen molar-refractivity contribution in [1.29, 1.82) is 5.26 Å². The fourth-order valence-electron chi connectivity index (χ4n) is 1.66. The topological polar surface area (TPSA) is 45.9 Å². The van der Waals surface area contributed by atoms with Crippen LogP contribution in [0.5, 0.6) is 5.75 Å². The third kappa shape index (κ3) is 3.46. The smallest absolute Gasteiger partial charge is 0.142 e. The second kappa shape index (κ2) is 6.21. The maximum atomic E-state index is 8.73. The van der Waals surface area contributed by atoms with E-state index in [-0.39, 0.29) is 0 Å². The van der Waals surface area contributed by atoms with Crippen molar-refractivity contribution in [3.05, 3.63) is 58.9 Å². The monoisotopic (exact) mass is 272 g/mol. The van der Waals surface area contributed by atoms with Crippen molar-refractivity contribution in [3.8, 4) is 11.8 Å². The molecule has 0 aliphatic heterocycles. The van der Waals surface area contributed by atoms with Gasteiger partial charge in [0.05, 0.1) is 23.2 Å². The van der Waals surface area contributed by atoms with Crippen molar-refractivity contribution in [2.75, 3.05) is 0 Å². The molecule has 3 nitrogen and oxygen atoms in total. The van der Waals surface area contributed by atoms with Gasteiger partial charge in [0.25, 0.3) is 0 Å². The molecule has 2 aromatic rings. The number of aromatic nitrogens is 1. The van der Waals surface area contributed by atoms with Gasteiger partial charge in [-0.25, -0.2) is 0 Å². The highest BCUT2D eigenvalue weighted by molar-refractivity contribution is 6.17. The van der Waals surface area contributed by atoms with Crippen molar-refractivity contribution in [1.82, 2.24) is 4.98 Å². The summed E-state index contributed by atoms with van der Waals surface area (Å²) < 4.78 is 5.71. The Morgan fingerprint density at radius 2 is 1.95 bits per heavy atom. The van der Waals surface area contributed by atoms with E-state index in [2.05, 4.69) is 11.1 Å². The Bertz CT molecular complexity index is 603. The molecule has 1 aromatic heterocycles. The molecule has 2 rings (SSSR count). The highest BCUT2D eigenvalue weighted by Gasteiger charge is 2.05. The summed E-state index contributed by atoms with van der Waals surface area (Å²) in [5.74, 6) is 1.02. The number of pyridine rings is 1. The van der Waals surface area contributed by atoms with E-state index in [4.69, 9.17) is 21.6 Å². The molecule has 4 heteroatoms. The molecule has 0 N–H and O–H groups in total. The molecule has 19 heavy (non-hydrogen) atoms. The zero-order chi connectivity index (χ0) is 13.7. The van der Waals surface area contributed by atoms with Crippen LogP contribution < -0.4 is 4.74 Å². The third-order valence-corrected chi connectivity index (χ3v) is 2.93. The molecular weight excluding hydrogens is 260 g/mol. The average Bonchev–Trinajstić information content (AvgIpc) is 2.46. The van der Waals surface area contributed by atoms with Gasteiger partial charge in [-0.15, -0.1) is 11.6 Å². The number of benzene rings is 1. The molecule has 1 aromatic carbocycles. The lowest BCUT2D eigenvalue weighted by atomic mass is 10.1. The van der Waals surface area contributed by atoms with Gasteiger partial charge in [0, 0.05) is 5.69 Å². The minimum Gasteiger partial charge on any atom is -0.487 e. The molecule has 0 saturated carbocycles. The predicted molar refractivity (Wildman–Crippen MR) is 74.0 cm³/mol. The van der Waals surface area contributed by atoms with Crippen molar-refractivity contribution in [2.24, 2.45) is 0 Å². The van der Waals surface area contributed by atoms with E-state index < -0.39 is 0 Å². The number of nitrogens with zero attached hydrogens (tertiary/aromatic N) is 2. The highest BCUT2D eigenvalue weighted by atomic mass is 35.5. The Kier molecular flexibility index (Phi) is 4.38. The summed E-state index contributed by atoms with van der Waals surface area (Å²) in [7, 11) is 0. The Morgan fingerprint density at radius 3 is 2.58 bits per heavy atom. The Morgan fingerprint density at radius 1 is 1.21 bits per heavy atom. The molecule has 96 valence electrons. The lowest BCUT2D eigenvalue weighted by molar-refractivity contribution is 0.302. The van der Waals surface area contributed by atoms with Crippen LogP contribution >= 0.6 is 11.6 Å². The third-order valence-electron chi connectivity index (χ3n) is 2.68. The van der Waals surface area contributed by atoms with Crippen LogP contribution in [0.2, 0.25) is 0 Å². The van der Waals surface area contributed by atoms with Crippen LogP contribution in [0.15, 0.2) is 36.4 Å². The van der Waals surface area contributed by atoms with Crippen LogP contribution in [0, 0.1) is 18.3 Å².